The Balaban J connectivity index is 0.989. The van der Waals surface area contributed by atoms with E-state index >= 15 is 0 Å². The first-order valence-corrected chi connectivity index (χ1v) is 12.9. The number of rotatable bonds is 7. The number of carbonyl (C=O) groups is 1. The molecule has 2 aliphatic heterocycles. The zero-order valence-electron chi connectivity index (χ0n) is 19.7. The predicted octanol–water partition coefficient (Wildman–Crippen LogP) is 4.48. The number of likely N-dealkylation sites (tertiary alicyclic amines) is 1. The molecule has 0 bridgehead atoms. The Morgan fingerprint density at radius 3 is 2.67 bits per heavy atom. The van der Waals surface area contributed by atoms with E-state index in [1.807, 2.05) is 6.26 Å². The summed E-state index contributed by atoms with van der Waals surface area (Å²) < 4.78 is 16.6. The number of piperidine rings is 1. The SMILES string of the molecule is O=C(CC1COCCO1)NC1CCC(CCN2CCC(c3cccc4occc34)CC2)CC1. The minimum atomic E-state index is -0.0770. The van der Waals surface area contributed by atoms with Gasteiger partial charge in [0.15, 0.2) is 0 Å². The molecule has 1 atom stereocenters. The molecule has 1 aromatic carbocycles. The summed E-state index contributed by atoms with van der Waals surface area (Å²) in [4.78, 5) is 15.0. The second-order valence-electron chi connectivity index (χ2n) is 10.1. The number of ether oxygens (including phenoxy) is 2. The number of fused-ring (bicyclic) bond motifs is 1. The Bertz CT molecular complexity index is 890. The van der Waals surface area contributed by atoms with E-state index in [2.05, 4.69) is 34.5 Å². The standard InChI is InChI=1S/C27H38N2O4/c30-27(18-23-19-31-16-17-32-23)28-22-6-4-20(5-7-22)8-12-29-13-9-21(10-14-29)24-2-1-3-26-25(24)11-15-33-26/h1-3,11,15,20-23H,4-10,12-14,16-19H2,(H,28,30). The zero-order valence-corrected chi connectivity index (χ0v) is 19.7. The van der Waals surface area contributed by atoms with Gasteiger partial charge in [-0.05, 0) is 94.1 Å². The Kier molecular flexibility index (Phi) is 7.64. The van der Waals surface area contributed by atoms with Gasteiger partial charge in [-0.15, -0.1) is 0 Å². The summed E-state index contributed by atoms with van der Waals surface area (Å²) in [5.74, 6) is 1.56. The fraction of sp³-hybridized carbons (Fsp3) is 0.667. The van der Waals surface area contributed by atoms with Crippen molar-refractivity contribution in [2.45, 2.75) is 69.4 Å². The lowest BCUT2D eigenvalue weighted by Crippen LogP contribution is -2.41. The molecule has 2 saturated heterocycles. The van der Waals surface area contributed by atoms with Crippen molar-refractivity contribution >= 4 is 16.9 Å². The third-order valence-electron chi connectivity index (χ3n) is 7.92. The highest BCUT2D eigenvalue weighted by Crippen LogP contribution is 2.34. The van der Waals surface area contributed by atoms with E-state index in [0.29, 0.717) is 38.2 Å². The molecule has 0 spiro atoms. The summed E-state index contributed by atoms with van der Waals surface area (Å²) in [6.07, 6.45) is 10.6. The molecule has 1 aromatic heterocycles. The van der Waals surface area contributed by atoms with Crippen LogP contribution in [0.4, 0.5) is 0 Å². The number of nitrogens with zero attached hydrogens (tertiary/aromatic N) is 1. The van der Waals surface area contributed by atoms with Crippen molar-refractivity contribution in [3.05, 3.63) is 36.1 Å². The summed E-state index contributed by atoms with van der Waals surface area (Å²) in [7, 11) is 0. The summed E-state index contributed by atoms with van der Waals surface area (Å²) >= 11 is 0. The Morgan fingerprint density at radius 1 is 1.03 bits per heavy atom. The van der Waals surface area contributed by atoms with Crippen molar-refractivity contribution in [3.8, 4) is 0 Å². The minimum Gasteiger partial charge on any atom is -0.464 e. The first-order valence-electron chi connectivity index (χ1n) is 12.9. The van der Waals surface area contributed by atoms with Crippen LogP contribution in [0.1, 0.15) is 62.8 Å². The van der Waals surface area contributed by atoms with Gasteiger partial charge in [-0.2, -0.15) is 0 Å². The van der Waals surface area contributed by atoms with Gasteiger partial charge in [0.2, 0.25) is 5.91 Å². The highest BCUT2D eigenvalue weighted by atomic mass is 16.6. The molecule has 3 heterocycles. The van der Waals surface area contributed by atoms with Crippen molar-refractivity contribution in [1.82, 2.24) is 10.2 Å². The first-order chi connectivity index (χ1) is 16.2. The molecular formula is C27H38N2O4. The molecule has 2 aromatic rings. The van der Waals surface area contributed by atoms with Gasteiger partial charge in [0, 0.05) is 11.4 Å². The quantitative estimate of drug-likeness (QED) is 0.668. The van der Waals surface area contributed by atoms with Crippen LogP contribution < -0.4 is 5.32 Å². The lowest BCUT2D eigenvalue weighted by molar-refractivity contribution is -0.132. The fourth-order valence-electron chi connectivity index (χ4n) is 5.95. The van der Waals surface area contributed by atoms with Gasteiger partial charge < -0.3 is 24.1 Å². The Hall–Kier alpha value is -1.89. The molecule has 1 aliphatic carbocycles. The average molecular weight is 455 g/mol. The zero-order chi connectivity index (χ0) is 22.5. The van der Waals surface area contributed by atoms with Crippen LogP contribution in [0.15, 0.2) is 34.9 Å². The van der Waals surface area contributed by atoms with Gasteiger partial charge in [0.05, 0.1) is 38.6 Å². The second-order valence-corrected chi connectivity index (χ2v) is 10.1. The maximum atomic E-state index is 12.3. The van der Waals surface area contributed by atoms with Gasteiger partial charge in [-0.3, -0.25) is 4.79 Å². The van der Waals surface area contributed by atoms with E-state index in [1.54, 1.807) is 0 Å². The molecule has 33 heavy (non-hydrogen) atoms. The van der Waals surface area contributed by atoms with Crippen LogP contribution in [0.25, 0.3) is 11.0 Å². The third-order valence-corrected chi connectivity index (χ3v) is 7.92. The number of hydrogen-bond acceptors (Lipinski definition) is 5. The van der Waals surface area contributed by atoms with Crippen LogP contribution in [0.2, 0.25) is 0 Å². The topological polar surface area (TPSA) is 63.9 Å². The molecule has 3 aliphatic rings. The largest absolute Gasteiger partial charge is 0.464 e. The number of hydrogen-bond donors (Lipinski definition) is 1. The summed E-state index contributed by atoms with van der Waals surface area (Å²) in [6.45, 7) is 5.37. The molecule has 5 rings (SSSR count). The van der Waals surface area contributed by atoms with E-state index in [9.17, 15) is 4.79 Å². The monoisotopic (exact) mass is 454 g/mol. The van der Waals surface area contributed by atoms with Crippen LogP contribution in [-0.4, -0.2) is 62.4 Å². The van der Waals surface area contributed by atoms with Gasteiger partial charge in [-0.1, -0.05) is 12.1 Å². The molecule has 3 fully saturated rings. The average Bonchev–Trinajstić information content (AvgIpc) is 3.34. The highest BCUT2D eigenvalue weighted by molar-refractivity contribution is 5.81. The summed E-state index contributed by atoms with van der Waals surface area (Å²) in [5, 5.41) is 4.52. The van der Waals surface area contributed by atoms with Crippen LogP contribution in [-0.2, 0) is 14.3 Å². The molecule has 1 saturated carbocycles. The van der Waals surface area contributed by atoms with E-state index in [0.717, 1.165) is 24.3 Å². The molecule has 1 amide bonds. The molecule has 6 heteroatoms. The number of amides is 1. The normalized spacial score (nSPS) is 27.6. The van der Waals surface area contributed by atoms with Crippen LogP contribution in [0.5, 0.6) is 0 Å². The summed E-state index contributed by atoms with van der Waals surface area (Å²) in [5.41, 5.74) is 2.47. The molecular weight excluding hydrogens is 416 g/mol. The number of benzene rings is 1. The third kappa shape index (κ3) is 5.97. The van der Waals surface area contributed by atoms with Gasteiger partial charge in [0.1, 0.15) is 5.58 Å². The van der Waals surface area contributed by atoms with E-state index in [-0.39, 0.29) is 12.0 Å². The first kappa shape index (κ1) is 22.9. The van der Waals surface area contributed by atoms with Crippen molar-refractivity contribution in [3.63, 3.8) is 0 Å². The Labute approximate surface area is 197 Å². The van der Waals surface area contributed by atoms with E-state index in [1.165, 1.54) is 62.7 Å². The number of nitrogens with one attached hydrogen (secondary N) is 1. The maximum absolute atomic E-state index is 12.3. The van der Waals surface area contributed by atoms with Gasteiger partial charge in [-0.25, -0.2) is 0 Å². The van der Waals surface area contributed by atoms with Gasteiger partial charge in [0.25, 0.3) is 0 Å². The lowest BCUT2D eigenvalue weighted by Gasteiger charge is -2.35. The highest BCUT2D eigenvalue weighted by Gasteiger charge is 2.26. The fourth-order valence-corrected chi connectivity index (χ4v) is 5.95. The second kappa shape index (κ2) is 11.0. The predicted molar refractivity (Wildman–Crippen MR) is 128 cm³/mol. The minimum absolute atomic E-state index is 0.0770. The summed E-state index contributed by atoms with van der Waals surface area (Å²) in [6, 6.07) is 8.93. The smallest absolute Gasteiger partial charge is 0.222 e. The molecule has 1 N–H and O–H groups in total. The number of carbonyl (C=O) groups excluding carboxylic acids is 1. The maximum Gasteiger partial charge on any atom is 0.222 e. The Morgan fingerprint density at radius 2 is 1.88 bits per heavy atom. The van der Waals surface area contributed by atoms with E-state index < -0.39 is 0 Å². The lowest BCUT2D eigenvalue weighted by atomic mass is 9.83. The van der Waals surface area contributed by atoms with Crippen molar-refractivity contribution < 1.29 is 18.7 Å². The van der Waals surface area contributed by atoms with E-state index in [4.69, 9.17) is 13.9 Å². The van der Waals surface area contributed by atoms with Gasteiger partial charge >= 0.3 is 0 Å². The molecule has 6 nitrogen and oxygen atoms in total. The molecule has 1 unspecified atom stereocenters. The van der Waals surface area contributed by atoms with Crippen LogP contribution in [0, 0.1) is 5.92 Å². The molecule has 0 radical (unpaired) electrons. The van der Waals surface area contributed by atoms with Crippen molar-refractivity contribution in [2.24, 2.45) is 5.92 Å². The van der Waals surface area contributed by atoms with Crippen LogP contribution in [0.3, 0.4) is 0 Å². The van der Waals surface area contributed by atoms with Crippen LogP contribution >= 0.6 is 0 Å². The molecule has 180 valence electrons. The number of furan rings is 1. The van der Waals surface area contributed by atoms with Crippen molar-refractivity contribution in [2.75, 3.05) is 39.5 Å². The van der Waals surface area contributed by atoms with Crippen molar-refractivity contribution in [1.29, 1.82) is 0 Å².